The van der Waals surface area contributed by atoms with Crippen molar-refractivity contribution in [2.75, 3.05) is 7.11 Å². The van der Waals surface area contributed by atoms with Gasteiger partial charge in [-0.15, -0.1) is 0 Å². The molecule has 0 aliphatic heterocycles. The third-order valence-electron chi connectivity index (χ3n) is 3.17. The second-order valence-corrected chi connectivity index (χ2v) is 4.96. The van der Waals surface area contributed by atoms with Crippen LogP contribution in [0.3, 0.4) is 0 Å². The second kappa shape index (κ2) is 5.89. The van der Waals surface area contributed by atoms with Crippen LogP contribution in [-0.2, 0) is 6.42 Å². The summed E-state index contributed by atoms with van der Waals surface area (Å²) in [5, 5.41) is 4.52. The van der Waals surface area contributed by atoms with Gasteiger partial charge in [-0.3, -0.25) is 4.68 Å². The Bertz CT molecular complexity index is 516. The van der Waals surface area contributed by atoms with Crippen LogP contribution in [0.2, 0.25) is 0 Å². The third kappa shape index (κ3) is 3.35. The van der Waals surface area contributed by atoms with Crippen LogP contribution in [-0.4, -0.2) is 16.9 Å². The molecular weight excluding hydrogens is 238 g/mol. The van der Waals surface area contributed by atoms with E-state index in [1.54, 1.807) is 7.11 Å². The second-order valence-electron chi connectivity index (χ2n) is 4.96. The van der Waals surface area contributed by atoms with Crippen LogP contribution in [0.5, 0.6) is 5.75 Å². The van der Waals surface area contributed by atoms with Gasteiger partial charge in [-0.2, -0.15) is 5.10 Å². The Morgan fingerprint density at radius 2 is 1.89 bits per heavy atom. The van der Waals surface area contributed by atoms with Crippen molar-refractivity contribution in [3.05, 3.63) is 47.8 Å². The molecule has 0 fully saturated rings. The molecule has 1 heterocycles. The number of nitrogens with zero attached hydrogens (tertiary/aromatic N) is 2. The van der Waals surface area contributed by atoms with E-state index in [4.69, 9.17) is 10.5 Å². The third-order valence-corrected chi connectivity index (χ3v) is 3.17. The van der Waals surface area contributed by atoms with Gasteiger partial charge in [-0.1, -0.05) is 12.1 Å². The smallest absolute Gasteiger partial charge is 0.118 e. The summed E-state index contributed by atoms with van der Waals surface area (Å²) in [6.45, 7) is 4.22. The van der Waals surface area contributed by atoms with Gasteiger partial charge in [0.1, 0.15) is 5.75 Å². The van der Waals surface area contributed by atoms with Gasteiger partial charge >= 0.3 is 0 Å². The molecule has 0 saturated heterocycles. The molecule has 1 aromatic heterocycles. The highest BCUT2D eigenvalue weighted by Crippen LogP contribution is 2.19. The molecule has 0 radical (unpaired) electrons. The first kappa shape index (κ1) is 13.6. The highest BCUT2D eigenvalue weighted by Gasteiger charge is 2.10. The average Bonchev–Trinajstić information content (AvgIpc) is 2.87. The van der Waals surface area contributed by atoms with E-state index < -0.39 is 0 Å². The molecule has 4 heteroatoms. The summed E-state index contributed by atoms with van der Waals surface area (Å²) in [5.41, 5.74) is 8.34. The molecule has 2 aromatic rings. The molecule has 1 unspecified atom stereocenters. The van der Waals surface area contributed by atoms with Crippen molar-refractivity contribution in [1.29, 1.82) is 0 Å². The predicted octanol–water partition coefficient (Wildman–Crippen LogP) is 2.72. The summed E-state index contributed by atoms with van der Waals surface area (Å²) in [4.78, 5) is 0. The van der Waals surface area contributed by atoms with Gasteiger partial charge in [0.15, 0.2) is 0 Å². The van der Waals surface area contributed by atoms with Crippen LogP contribution in [0, 0.1) is 0 Å². The van der Waals surface area contributed by atoms with Gasteiger partial charge in [0.2, 0.25) is 0 Å². The lowest BCUT2D eigenvalue weighted by atomic mass is 10.0. The molecule has 2 rings (SSSR count). The van der Waals surface area contributed by atoms with Crippen molar-refractivity contribution in [2.24, 2.45) is 5.73 Å². The molecule has 0 spiro atoms. The largest absolute Gasteiger partial charge is 0.497 e. The normalized spacial score (nSPS) is 12.7. The number of rotatable bonds is 5. The van der Waals surface area contributed by atoms with E-state index in [-0.39, 0.29) is 6.04 Å². The van der Waals surface area contributed by atoms with E-state index in [0.717, 1.165) is 23.4 Å². The van der Waals surface area contributed by atoms with Crippen LogP contribution in [0.1, 0.15) is 37.2 Å². The highest BCUT2D eigenvalue weighted by molar-refractivity contribution is 5.29. The summed E-state index contributed by atoms with van der Waals surface area (Å²) in [6, 6.07) is 10.2. The molecule has 0 aliphatic carbocycles. The molecule has 0 bridgehead atoms. The van der Waals surface area contributed by atoms with Crippen LogP contribution >= 0.6 is 0 Å². The van der Waals surface area contributed by atoms with E-state index in [9.17, 15) is 0 Å². The summed E-state index contributed by atoms with van der Waals surface area (Å²) in [7, 11) is 1.66. The Morgan fingerprint density at radius 3 is 2.42 bits per heavy atom. The van der Waals surface area contributed by atoms with Crippen LogP contribution in [0.15, 0.2) is 36.5 Å². The highest BCUT2D eigenvalue weighted by atomic mass is 16.5. The first-order chi connectivity index (χ1) is 9.10. The van der Waals surface area contributed by atoms with Crippen LogP contribution in [0.25, 0.3) is 0 Å². The maximum Gasteiger partial charge on any atom is 0.118 e. The monoisotopic (exact) mass is 259 g/mol. The van der Waals surface area contributed by atoms with E-state index in [1.165, 1.54) is 0 Å². The van der Waals surface area contributed by atoms with Gasteiger partial charge in [-0.25, -0.2) is 0 Å². The fourth-order valence-corrected chi connectivity index (χ4v) is 1.97. The zero-order valence-corrected chi connectivity index (χ0v) is 11.7. The van der Waals surface area contributed by atoms with Crippen molar-refractivity contribution < 1.29 is 4.74 Å². The molecule has 4 nitrogen and oxygen atoms in total. The molecule has 0 saturated carbocycles. The topological polar surface area (TPSA) is 53.1 Å². The first-order valence-corrected chi connectivity index (χ1v) is 6.53. The zero-order chi connectivity index (χ0) is 13.8. The Kier molecular flexibility index (Phi) is 4.22. The maximum absolute atomic E-state index is 6.21. The Labute approximate surface area is 114 Å². The average molecular weight is 259 g/mol. The van der Waals surface area contributed by atoms with E-state index >= 15 is 0 Å². The molecule has 0 amide bonds. The first-order valence-electron chi connectivity index (χ1n) is 6.53. The zero-order valence-electron chi connectivity index (χ0n) is 11.7. The van der Waals surface area contributed by atoms with Crippen molar-refractivity contribution >= 4 is 0 Å². The minimum atomic E-state index is -0.0404. The minimum Gasteiger partial charge on any atom is -0.497 e. The van der Waals surface area contributed by atoms with Crippen LogP contribution in [0.4, 0.5) is 0 Å². The molecule has 1 atom stereocenters. The standard InChI is InChI=1S/C15H21N3O/c1-11(2)18-9-8-13(17-18)10-15(16)12-4-6-14(19-3)7-5-12/h4-9,11,15H,10,16H2,1-3H3. The fraction of sp³-hybridized carbons (Fsp3) is 0.400. The lowest BCUT2D eigenvalue weighted by molar-refractivity contribution is 0.414. The number of nitrogens with two attached hydrogens (primary N) is 1. The van der Waals surface area contributed by atoms with Crippen molar-refractivity contribution in [3.63, 3.8) is 0 Å². The molecular formula is C15H21N3O. The number of hydrogen-bond acceptors (Lipinski definition) is 3. The van der Waals surface area contributed by atoms with Crippen molar-refractivity contribution in [1.82, 2.24) is 9.78 Å². The van der Waals surface area contributed by atoms with Gasteiger partial charge in [-0.05, 0) is 37.6 Å². The van der Waals surface area contributed by atoms with Gasteiger partial charge in [0.05, 0.1) is 12.8 Å². The number of benzene rings is 1. The van der Waals surface area contributed by atoms with Crippen LogP contribution < -0.4 is 10.5 Å². The number of ether oxygens (including phenoxy) is 1. The lowest BCUT2D eigenvalue weighted by Crippen LogP contribution is -2.14. The van der Waals surface area contributed by atoms with E-state index in [0.29, 0.717) is 6.04 Å². The van der Waals surface area contributed by atoms with Crippen molar-refractivity contribution in [3.8, 4) is 5.75 Å². The number of methoxy groups -OCH3 is 1. The van der Waals surface area contributed by atoms with Crippen molar-refractivity contribution in [2.45, 2.75) is 32.4 Å². The maximum atomic E-state index is 6.21. The quantitative estimate of drug-likeness (QED) is 0.898. The number of aromatic nitrogens is 2. The van der Waals surface area contributed by atoms with Gasteiger partial charge < -0.3 is 10.5 Å². The van der Waals surface area contributed by atoms with Gasteiger partial charge in [0, 0.05) is 24.7 Å². The number of hydrogen-bond donors (Lipinski definition) is 1. The molecule has 0 aliphatic rings. The van der Waals surface area contributed by atoms with E-state index in [1.807, 2.05) is 41.2 Å². The summed E-state index contributed by atoms with van der Waals surface area (Å²) in [5.74, 6) is 0.847. The molecule has 19 heavy (non-hydrogen) atoms. The molecule has 1 aromatic carbocycles. The Balaban J connectivity index is 2.04. The summed E-state index contributed by atoms with van der Waals surface area (Å²) < 4.78 is 7.09. The summed E-state index contributed by atoms with van der Waals surface area (Å²) in [6.07, 6.45) is 2.74. The van der Waals surface area contributed by atoms with E-state index in [2.05, 4.69) is 18.9 Å². The SMILES string of the molecule is COc1ccc(C(N)Cc2ccn(C(C)C)n2)cc1. The fourth-order valence-electron chi connectivity index (χ4n) is 1.97. The van der Waals surface area contributed by atoms with Gasteiger partial charge in [0.25, 0.3) is 0 Å². The lowest BCUT2D eigenvalue weighted by Gasteiger charge is -2.11. The Hall–Kier alpha value is -1.81. The molecule has 2 N–H and O–H groups in total. The minimum absolute atomic E-state index is 0.0404. The Morgan fingerprint density at radius 1 is 1.21 bits per heavy atom. The predicted molar refractivity (Wildman–Crippen MR) is 76.2 cm³/mol. The molecule has 102 valence electrons. The summed E-state index contributed by atoms with van der Waals surface area (Å²) >= 11 is 0.